The Bertz CT molecular complexity index is 674. The van der Waals surface area contributed by atoms with E-state index in [9.17, 15) is 4.79 Å². The molecule has 1 aromatic carbocycles. The van der Waals surface area contributed by atoms with E-state index >= 15 is 0 Å². The third kappa shape index (κ3) is 3.18. The van der Waals surface area contributed by atoms with Gasteiger partial charge in [-0.05, 0) is 30.9 Å². The number of hydrogen-bond acceptors (Lipinski definition) is 3. The van der Waals surface area contributed by atoms with Gasteiger partial charge >= 0.3 is 0 Å². The number of amides is 1. The Balaban J connectivity index is 1.70. The zero-order valence-corrected chi connectivity index (χ0v) is 12.0. The largest absolute Gasteiger partial charge is 0.326 e. The second kappa shape index (κ2) is 5.91. The van der Waals surface area contributed by atoms with Gasteiger partial charge in [-0.1, -0.05) is 24.3 Å². The van der Waals surface area contributed by atoms with Crippen LogP contribution in [0.5, 0.6) is 0 Å². The Morgan fingerprint density at radius 3 is 3.10 bits per heavy atom. The summed E-state index contributed by atoms with van der Waals surface area (Å²) in [6.45, 7) is 0. The summed E-state index contributed by atoms with van der Waals surface area (Å²) in [7, 11) is 1.90. The number of aromatic nitrogens is 3. The average Bonchev–Trinajstić information content (AvgIpc) is 3.10. The minimum absolute atomic E-state index is 0.0571. The molecule has 21 heavy (non-hydrogen) atoms. The third-order valence-electron chi connectivity index (χ3n) is 3.68. The van der Waals surface area contributed by atoms with Crippen LogP contribution in [0.1, 0.15) is 19.3 Å². The number of hydrogen-bond donors (Lipinski definition) is 1. The molecule has 3 rings (SSSR count). The number of aryl methyl sites for hydroxylation is 1. The first-order valence-corrected chi connectivity index (χ1v) is 7.13. The third-order valence-corrected chi connectivity index (χ3v) is 3.68. The van der Waals surface area contributed by atoms with Gasteiger partial charge < -0.3 is 9.88 Å². The molecule has 5 nitrogen and oxygen atoms in total. The lowest BCUT2D eigenvalue weighted by molar-refractivity contribution is -0.116. The normalized spacial score (nSPS) is 17.1. The summed E-state index contributed by atoms with van der Waals surface area (Å²) in [5, 5.41) is 10.9. The number of allylic oxidation sites excluding steroid dienone is 2. The summed E-state index contributed by atoms with van der Waals surface area (Å²) in [6.07, 6.45) is 8.64. The van der Waals surface area contributed by atoms with Crippen molar-refractivity contribution in [2.45, 2.75) is 19.3 Å². The van der Waals surface area contributed by atoms with E-state index in [1.165, 1.54) is 0 Å². The van der Waals surface area contributed by atoms with Crippen molar-refractivity contribution < 1.29 is 4.79 Å². The molecule has 1 atom stereocenters. The Morgan fingerprint density at radius 2 is 2.38 bits per heavy atom. The van der Waals surface area contributed by atoms with Crippen molar-refractivity contribution in [2.24, 2.45) is 13.0 Å². The van der Waals surface area contributed by atoms with Gasteiger partial charge in [0.2, 0.25) is 5.91 Å². The van der Waals surface area contributed by atoms with Crippen molar-refractivity contribution in [3.8, 4) is 11.4 Å². The van der Waals surface area contributed by atoms with E-state index in [1.54, 1.807) is 6.33 Å². The van der Waals surface area contributed by atoms with Crippen molar-refractivity contribution in [3.63, 3.8) is 0 Å². The lowest BCUT2D eigenvalue weighted by Crippen LogP contribution is -2.14. The molecule has 1 N–H and O–H groups in total. The molecule has 1 aromatic heterocycles. The first-order chi connectivity index (χ1) is 10.2. The molecule has 0 aliphatic heterocycles. The Hall–Kier alpha value is -2.43. The molecule has 1 amide bonds. The molecule has 0 radical (unpaired) electrons. The van der Waals surface area contributed by atoms with Crippen LogP contribution in [0.25, 0.3) is 11.4 Å². The van der Waals surface area contributed by atoms with Gasteiger partial charge in [0, 0.05) is 24.7 Å². The molecule has 0 bridgehead atoms. The summed E-state index contributed by atoms with van der Waals surface area (Å²) in [5.41, 5.74) is 1.73. The monoisotopic (exact) mass is 282 g/mol. The van der Waals surface area contributed by atoms with Gasteiger partial charge in [0.25, 0.3) is 0 Å². The number of anilines is 1. The van der Waals surface area contributed by atoms with Crippen molar-refractivity contribution >= 4 is 11.6 Å². The molecule has 1 heterocycles. The van der Waals surface area contributed by atoms with E-state index < -0.39 is 0 Å². The van der Waals surface area contributed by atoms with Crippen LogP contribution < -0.4 is 5.32 Å². The lowest BCUT2D eigenvalue weighted by Gasteiger charge is -2.09. The van der Waals surface area contributed by atoms with Gasteiger partial charge in [0.15, 0.2) is 5.82 Å². The minimum atomic E-state index is 0.0571. The number of nitrogens with one attached hydrogen (secondary N) is 1. The van der Waals surface area contributed by atoms with Crippen LogP contribution in [0.4, 0.5) is 5.69 Å². The summed E-state index contributed by atoms with van der Waals surface area (Å²) in [6, 6.07) is 7.68. The van der Waals surface area contributed by atoms with Crippen molar-refractivity contribution in [1.29, 1.82) is 0 Å². The second-order valence-corrected chi connectivity index (χ2v) is 5.36. The van der Waals surface area contributed by atoms with Gasteiger partial charge in [-0.3, -0.25) is 4.79 Å². The molecule has 2 aromatic rings. The average molecular weight is 282 g/mol. The molecular weight excluding hydrogens is 264 g/mol. The first kappa shape index (κ1) is 13.5. The summed E-state index contributed by atoms with van der Waals surface area (Å²) in [5.74, 6) is 1.22. The summed E-state index contributed by atoms with van der Waals surface area (Å²) < 4.78 is 1.85. The van der Waals surface area contributed by atoms with Crippen LogP contribution in [0.15, 0.2) is 42.7 Å². The molecule has 1 aliphatic rings. The number of carbonyl (C=O) groups is 1. The van der Waals surface area contributed by atoms with E-state index in [4.69, 9.17) is 0 Å². The van der Waals surface area contributed by atoms with E-state index in [0.717, 1.165) is 29.9 Å². The fraction of sp³-hybridized carbons (Fsp3) is 0.312. The minimum Gasteiger partial charge on any atom is -0.326 e. The smallest absolute Gasteiger partial charge is 0.224 e. The zero-order chi connectivity index (χ0) is 14.7. The fourth-order valence-electron chi connectivity index (χ4n) is 2.60. The lowest BCUT2D eigenvalue weighted by atomic mass is 10.0. The molecule has 108 valence electrons. The molecule has 1 aliphatic carbocycles. The zero-order valence-electron chi connectivity index (χ0n) is 12.0. The number of rotatable bonds is 4. The Kier molecular flexibility index (Phi) is 3.81. The number of benzene rings is 1. The van der Waals surface area contributed by atoms with Gasteiger partial charge in [-0.15, -0.1) is 10.2 Å². The Labute approximate surface area is 123 Å². The number of nitrogens with zero attached hydrogens (tertiary/aromatic N) is 3. The molecule has 0 saturated carbocycles. The molecular formula is C16H18N4O. The number of carbonyl (C=O) groups excluding carboxylic acids is 1. The highest BCUT2D eigenvalue weighted by molar-refractivity contribution is 5.91. The fourth-order valence-corrected chi connectivity index (χ4v) is 2.60. The van der Waals surface area contributed by atoms with Gasteiger partial charge in [0.1, 0.15) is 6.33 Å². The van der Waals surface area contributed by atoms with Crippen molar-refractivity contribution in [3.05, 3.63) is 42.7 Å². The Morgan fingerprint density at radius 1 is 1.48 bits per heavy atom. The van der Waals surface area contributed by atoms with Crippen LogP contribution in [-0.4, -0.2) is 20.7 Å². The maximum Gasteiger partial charge on any atom is 0.224 e. The van der Waals surface area contributed by atoms with E-state index in [2.05, 4.69) is 27.7 Å². The highest BCUT2D eigenvalue weighted by atomic mass is 16.1. The van der Waals surface area contributed by atoms with Gasteiger partial charge in [0.05, 0.1) is 0 Å². The van der Waals surface area contributed by atoms with E-state index in [1.807, 2.05) is 35.9 Å². The second-order valence-electron chi connectivity index (χ2n) is 5.36. The first-order valence-electron chi connectivity index (χ1n) is 7.13. The topological polar surface area (TPSA) is 59.8 Å². The molecule has 0 saturated heterocycles. The van der Waals surface area contributed by atoms with Crippen LogP contribution in [0.2, 0.25) is 0 Å². The highest BCUT2D eigenvalue weighted by Crippen LogP contribution is 2.23. The molecule has 0 unspecified atom stereocenters. The highest BCUT2D eigenvalue weighted by Gasteiger charge is 2.14. The predicted molar refractivity (Wildman–Crippen MR) is 81.5 cm³/mol. The maximum atomic E-state index is 12.1. The van der Waals surface area contributed by atoms with Crippen molar-refractivity contribution in [1.82, 2.24) is 14.8 Å². The van der Waals surface area contributed by atoms with Gasteiger partial charge in [-0.25, -0.2) is 0 Å². The van der Waals surface area contributed by atoms with E-state index in [-0.39, 0.29) is 5.91 Å². The van der Waals surface area contributed by atoms with Crippen LogP contribution in [-0.2, 0) is 11.8 Å². The SMILES string of the molecule is Cn1cnnc1-c1cccc(NC(=O)C[C@H]2C=CCC2)c1. The van der Waals surface area contributed by atoms with Crippen LogP contribution >= 0.6 is 0 Å². The summed E-state index contributed by atoms with van der Waals surface area (Å²) in [4.78, 5) is 12.1. The molecule has 5 heteroatoms. The molecule has 0 fully saturated rings. The van der Waals surface area contributed by atoms with Crippen LogP contribution in [0, 0.1) is 5.92 Å². The van der Waals surface area contributed by atoms with Crippen molar-refractivity contribution in [2.75, 3.05) is 5.32 Å². The standard InChI is InChI=1S/C16H18N4O/c1-20-11-17-19-16(20)13-7-4-8-14(10-13)18-15(21)9-12-5-2-3-6-12/h2,4-5,7-8,10-12H,3,6,9H2,1H3,(H,18,21)/t12-/m0/s1. The van der Waals surface area contributed by atoms with E-state index in [0.29, 0.717) is 12.3 Å². The quantitative estimate of drug-likeness (QED) is 0.877. The summed E-state index contributed by atoms with van der Waals surface area (Å²) >= 11 is 0. The molecule has 0 spiro atoms. The van der Waals surface area contributed by atoms with Gasteiger partial charge in [-0.2, -0.15) is 0 Å². The maximum absolute atomic E-state index is 12.1. The van der Waals surface area contributed by atoms with Crippen LogP contribution in [0.3, 0.4) is 0 Å². The predicted octanol–water partition coefficient (Wildman–Crippen LogP) is 2.78.